The average molecular weight is 299 g/mol. The third-order valence-corrected chi connectivity index (χ3v) is 3.78. The van der Waals surface area contributed by atoms with Crippen LogP contribution in [0.1, 0.15) is 31.2 Å². The van der Waals surface area contributed by atoms with E-state index in [1.165, 1.54) is 30.7 Å². The predicted molar refractivity (Wildman–Crippen MR) is 89.1 cm³/mol. The van der Waals surface area contributed by atoms with Crippen molar-refractivity contribution in [1.29, 1.82) is 0 Å². The first-order chi connectivity index (χ1) is 10.1. The number of carbonyl (C=O) groups is 1. The minimum Gasteiger partial charge on any atom is -0.302 e. The fraction of sp³-hybridized carbons (Fsp3) is 0.250. The Morgan fingerprint density at radius 1 is 1.14 bits per heavy atom. The van der Waals surface area contributed by atoms with Gasteiger partial charge in [-0.3, -0.25) is 15.6 Å². The Labute approximate surface area is 128 Å². The van der Waals surface area contributed by atoms with Crippen LogP contribution in [0.4, 0.5) is 5.69 Å². The molecule has 2 aromatic carbocycles. The van der Waals surface area contributed by atoms with Crippen molar-refractivity contribution in [2.24, 2.45) is 0 Å². The van der Waals surface area contributed by atoms with E-state index in [0.29, 0.717) is 5.92 Å². The summed E-state index contributed by atoms with van der Waals surface area (Å²) in [5, 5.41) is 5.21. The van der Waals surface area contributed by atoms with Crippen molar-refractivity contribution in [1.82, 2.24) is 10.7 Å². The summed E-state index contributed by atoms with van der Waals surface area (Å²) in [6.07, 6.45) is 2.56. The summed E-state index contributed by atoms with van der Waals surface area (Å²) in [4.78, 5) is 10.9. The number of hydrogen-bond acceptors (Lipinski definition) is 3. The van der Waals surface area contributed by atoms with Gasteiger partial charge in [0.2, 0.25) is 5.91 Å². The minimum absolute atomic E-state index is 0.191. The summed E-state index contributed by atoms with van der Waals surface area (Å²) in [5.41, 5.74) is 8.27. The van der Waals surface area contributed by atoms with E-state index < -0.39 is 0 Å². The quantitative estimate of drug-likeness (QED) is 0.602. The second-order valence-corrected chi connectivity index (χ2v) is 5.69. The molecule has 1 aliphatic rings. The van der Waals surface area contributed by atoms with Gasteiger partial charge in [0, 0.05) is 12.3 Å². The van der Waals surface area contributed by atoms with Gasteiger partial charge < -0.3 is 5.32 Å². The molecule has 2 aromatic rings. The van der Waals surface area contributed by atoms with E-state index in [9.17, 15) is 4.79 Å². The SMILES string of the molecule is CC(=O)NC(=S)NNc1ccc(C2CC2)c2ccccc12. The van der Waals surface area contributed by atoms with Crippen LogP contribution in [0.25, 0.3) is 10.8 Å². The number of thiocarbonyl (C=S) groups is 1. The zero-order valence-corrected chi connectivity index (χ0v) is 12.6. The highest BCUT2D eigenvalue weighted by molar-refractivity contribution is 7.80. The number of carbonyl (C=O) groups excluding carboxylic acids is 1. The van der Waals surface area contributed by atoms with Gasteiger partial charge in [-0.05, 0) is 48.0 Å². The molecule has 0 radical (unpaired) electrons. The lowest BCUT2D eigenvalue weighted by Gasteiger charge is -2.14. The number of rotatable bonds is 3. The van der Waals surface area contributed by atoms with E-state index in [1.54, 1.807) is 0 Å². The van der Waals surface area contributed by atoms with E-state index in [0.717, 1.165) is 11.1 Å². The summed E-state index contributed by atoms with van der Waals surface area (Å²) in [6.45, 7) is 1.42. The van der Waals surface area contributed by atoms with Crippen molar-refractivity contribution in [2.75, 3.05) is 5.43 Å². The third-order valence-electron chi connectivity index (χ3n) is 3.58. The molecule has 0 aliphatic heterocycles. The molecule has 3 N–H and O–H groups in total. The largest absolute Gasteiger partial charge is 0.302 e. The number of nitrogens with one attached hydrogen (secondary N) is 3. The zero-order valence-electron chi connectivity index (χ0n) is 11.8. The van der Waals surface area contributed by atoms with Crippen molar-refractivity contribution in [3.05, 3.63) is 42.0 Å². The van der Waals surface area contributed by atoms with Gasteiger partial charge in [0.15, 0.2) is 5.11 Å². The summed E-state index contributed by atoms with van der Waals surface area (Å²) >= 11 is 5.02. The molecule has 1 aliphatic carbocycles. The first-order valence-corrected chi connectivity index (χ1v) is 7.41. The van der Waals surface area contributed by atoms with Gasteiger partial charge in [-0.2, -0.15) is 0 Å². The lowest BCUT2D eigenvalue weighted by Crippen LogP contribution is -2.40. The normalized spacial score (nSPS) is 13.8. The fourth-order valence-corrected chi connectivity index (χ4v) is 2.69. The van der Waals surface area contributed by atoms with Crippen molar-refractivity contribution in [3.63, 3.8) is 0 Å². The lowest BCUT2D eigenvalue weighted by atomic mass is 10.00. The van der Waals surface area contributed by atoms with Gasteiger partial charge in [-0.25, -0.2) is 0 Å². The number of hydrogen-bond donors (Lipinski definition) is 3. The van der Waals surface area contributed by atoms with E-state index >= 15 is 0 Å². The van der Waals surface area contributed by atoms with Crippen LogP contribution in [0.2, 0.25) is 0 Å². The Balaban J connectivity index is 1.84. The molecule has 21 heavy (non-hydrogen) atoms. The maximum absolute atomic E-state index is 10.9. The molecule has 0 bridgehead atoms. The number of hydrazine groups is 1. The van der Waals surface area contributed by atoms with Gasteiger partial charge in [-0.15, -0.1) is 0 Å². The summed E-state index contributed by atoms with van der Waals surface area (Å²) in [5.74, 6) is 0.514. The molecular formula is C16H17N3OS. The summed E-state index contributed by atoms with van der Waals surface area (Å²) < 4.78 is 0. The molecule has 108 valence electrons. The van der Waals surface area contributed by atoms with Crippen molar-refractivity contribution in [2.45, 2.75) is 25.7 Å². The Bertz CT molecular complexity index is 710. The van der Waals surface area contributed by atoms with Crippen molar-refractivity contribution < 1.29 is 4.79 Å². The second kappa shape index (κ2) is 5.69. The maximum atomic E-state index is 10.9. The lowest BCUT2D eigenvalue weighted by molar-refractivity contribution is -0.117. The summed E-state index contributed by atoms with van der Waals surface area (Å²) in [7, 11) is 0. The molecule has 0 saturated heterocycles. The molecule has 4 nitrogen and oxygen atoms in total. The monoisotopic (exact) mass is 299 g/mol. The van der Waals surface area contributed by atoms with Crippen LogP contribution < -0.4 is 16.2 Å². The molecule has 0 heterocycles. The van der Waals surface area contributed by atoms with Crippen LogP contribution >= 0.6 is 12.2 Å². The Hall–Kier alpha value is -2.14. The number of amides is 1. The van der Waals surface area contributed by atoms with Crippen LogP contribution in [0.15, 0.2) is 36.4 Å². The third kappa shape index (κ3) is 3.13. The van der Waals surface area contributed by atoms with Gasteiger partial charge >= 0.3 is 0 Å². The van der Waals surface area contributed by atoms with Gasteiger partial charge in [0.1, 0.15) is 0 Å². The first kappa shape index (κ1) is 13.8. The molecular weight excluding hydrogens is 282 g/mol. The van der Waals surface area contributed by atoms with E-state index in [1.807, 2.05) is 6.07 Å². The maximum Gasteiger partial charge on any atom is 0.223 e. The van der Waals surface area contributed by atoms with Crippen LogP contribution in [-0.4, -0.2) is 11.0 Å². The molecule has 0 unspecified atom stereocenters. The van der Waals surface area contributed by atoms with Crippen molar-refractivity contribution in [3.8, 4) is 0 Å². The first-order valence-electron chi connectivity index (χ1n) is 7.00. The van der Waals surface area contributed by atoms with Gasteiger partial charge in [0.05, 0.1) is 5.69 Å². The molecule has 0 spiro atoms. The molecule has 1 amide bonds. The molecule has 0 atom stereocenters. The van der Waals surface area contributed by atoms with E-state index in [-0.39, 0.29) is 11.0 Å². The van der Waals surface area contributed by atoms with Gasteiger partial charge in [-0.1, -0.05) is 30.3 Å². The molecule has 5 heteroatoms. The topological polar surface area (TPSA) is 53.2 Å². The average Bonchev–Trinajstić information content (AvgIpc) is 3.28. The smallest absolute Gasteiger partial charge is 0.223 e. The Kier molecular flexibility index (Phi) is 3.75. The van der Waals surface area contributed by atoms with E-state index in [4.69, 9.17) is 12.2 Å². The molecule has 1 fully saturated rings. The molecule has 1 saturated carbocycles. The van der Waals surface area contributed by atoms with Crippen LogP contribution in [0.5, 0.6) is 0 Å². The minimum atomic E-state index is -0.191. The highest BCUT2D eigenvalue weighted by Gasteiger charge is 2.25. The molecule has 0 aromatic heterocycles. The van der Waals surface area contributed by atoms with E-state index in [2.05, 4.69) is 46.5 Å². The summed E-state index contributed by atoms with van der Waals surface area (Å²) in [6, 6.07) is 12.6. The standard InChI is InChI=1S/C16H17N3OS/c1-10(20)17-16(21)19-18-15-9-8-12(11-6-7-11)13-4-2-3-5-14(13)15/h2-5,8-9,11,18H,6-7H2,1H3,(H2,17,19,20,21). The highest BCUT2D eigenvalue weighted by Crippen LogP contribution is 2.44. The molecule has 3 rings (SSSR count). The highest BCUT2D eigenvalue weighted by atomic mass is 32.1. The fourth-order valence-electron chi connectivity index (χ4n) is 2.50. The van der Waals surface area contributed by atoms with Crippen molar-refractivity contribution >= 4 is 39.7 Å². The van der Waals surface area contributed by atoms with Gasteiger partial charge in [0.25, 0.3) is 0 Å². The van der Waals surface area contributed by atoms with Crippen LogP contribution in [0, 0.1) is 0 Å². The zero-order chi connectivity index (χ0) is 14.8. The number of benzene rings is 2. The predicted octanol–water partition coefficient (Wildman–Crippen LogP) is 3.05. The Morgan fingerprint density at radius 2 is 1.86 bits per heavy atom. The number of anilines is 1. The van der Waals surface area contributed by atoms with Crippen LogP contribution in [-0.2, 0) is 4.79 Å². The Morgan fingerprint density at radius 3 is 2.52 bits per heavy atom. The van der Waals surface area contributed by atoms with Crippen LogP contribution in [0.3, 0.4) is 0 Å². The number of fused-ring (bicyclic) bond motifs is 1. The second-order valence-electron chi connectivity index (χ2n) is 5.28.